The van der Waals surface area contributed by atoms with Gasteiger partial charge in [-0.15, -0.1) is 0 Å². The van der Waals surface area contributed by atoms with Crippen LogP contribution in [0.3, 0.4) is 0 Å². The van der Waals surface area contributed by atoms with Gasteiger partial charge in [-0.25, -0.2) is 4.98 Å². The average molecular weight is 291 g/mol. The van der Waals surface area contributed by atoms with Gasteiger partial charge in [0.25, 0.3) is 5.56 Å². The molecule has 1 aliphatic heterocycles. The Hall–Kier alpha value is -1.81. The van der Waals surface area contributed by atoms with Crippen molar-refractivity contribution in [3.8, 4) is 5.75 Å². The zero-order chi connectivity index (χ0) is 14.1. The molecule has 2 heterocycles. The smallest absolute Gasteiger partial charge is 0.254 e. The predicted octanol–water partition coefficient (Wildman–Crippen LogP) is 2.77. The lowest BCUT2D eigenvalue weighted by molar-refractivity contribution is 0.257. The van der Waals surface area contributed by atoms with Crippen molar-refractivity contribution in [2.24, 2.45) is 0 Å². The Kier molecular flexibility index (Phi) is 3.49. The fourth-order valence-electron chi connectivity index (χ4n) is 2.63. The maximum Gasteiger partial charge on any atom is 0.254 e. The lowest BCUT2D eigenvalue weighted by Gasteiger charge is -2.26. The summed E-state index contributed by atoms with van der Waals surface area (Å²) in [5.41, 5.74) is 1.05. The van der Waals surface area contributed by atoms with E-state index in [9.17, 15) is 4.79 Å². The molecule has 3 rings (SSSR count). The van der Waals surface area contributed by atoms with Crippen LogP contribution in [0.15, 0.2) is 35.1 Å². The van der Waals surface area contributed by atoms with Crippen molar-refractivity contribution < 1.29 is 4.74 Å². The van der Waals surface area contributed by atoms with Crippen molar-refractivity contribution >= 4 is 11.6 Å². The van der Waals surface area contributed by atoms with Gasteiger partial charge in [0, 0.05) is 18.5 Å². The largest absolute Gasteiger partial charge is 0.493 e. The lowest BCUT2D eigenvalue weighted by Crippen LogP contribution is -2.28. The first-order valence-electron chi connectivity index (χ1n) is 6.61. The molecule has 0 spiro atoms. The summed E-state index contributed by atoms with van der Waals surface area (Å²) in [6.07, 6.45) is 0.894. The summed E-state index contributed by atoms with van der Waals surface area (Å²) in [4.78, 5) is 16.2. The number of hydrogen-bond donors (Lipinski definition) is 0. The second kappa shape index (κ2) is 5.29. The number of aryl methyl sites for hydroxylation is 1. The number of fused-ring (bicyclic) bond motifs is 1. The van der Waals surface area contributed by atoms with Crippen LogP contribution in [-0.2, 0) is 6.54 Å². The van der Waals surface area contributed by atoms with E-state index in [0.717, 1.165) is 17.7 Å². The van der Waals surface area contributed by atoms with Gasteiger partial charge in [-0.2, -0.15) is 0 Å². The molecule has 0 bridgehead atoms. The third-order valence-electron chi connectivity index (χ3n) is 3.65. The molecule has 4 nitrogen and oxygen atoms in total. The van der Waals surface area contributed by atoms with Crippen LogP contribution < -0.4 is 10.3 Å². The van der Waals surface area contributed by atoms with Crippen LogP contribution >= 0.6 is 11.6 Å². The number of benzene rings is 1. The second-order valence-electron chi connectivity index (χ2n) is 4.95. The number of halogens is 1. The average Bonchev–Trinajstić information content (AvgIpc) is 2.43. The highest BCUT2D eigenvalue weighted by Crippen LogP contribution is 2.34. The molecule has 104 valence electrons. The van der Waals surface area contributed by atoms with Gasteiger partial charge in [0.1, 0.15) is 16.7 Å². The van der Waals surface area contributed by atoms with Gasteiger partial charge in [0.2, 0.25) is 0 Å². The third-order valence-corrected chi connectivity index (χ3v) is 3.85. The number of rotatable bonds is 2. The molecule has 0 radical (unpaired) electrons. The standard InChI is InChI=1S/C15H15ClN2O2/c1-10-17-14(16)8-15(19)18(10)9-11-6-7-20-13-5-3-2-4-12(11)13/h2-5,8,11H,6-7,9H2,1H3. The van der Waals surface area contributed by atoms with Crippen molar-refractivity contribution in [3.05, 3.63) is 57.2 Å². The summed E-state index contributed by atoms with van der Waals surface area (Å²) in [5, 5.41) is 0.246. The van der Waals surface area contributed by atoms with E-state index in [4.69, 9.17) is 16.3 Å². The molecule has 0 amide bonds. The highest BCUT2D eigenvalue weighted by Gasteiger charge is 2.22. The Morgan fingerprint density at radius 1 is 1.45 bits per heavy atom. The van der Waals surface area contributed by atoms with E-state index in [2.05, 4.69) is 11.1 Å². The van der Waals surface area contributed by atoms with Crippen LogP contribution in [0.4, 0.5) is 0 Å². The fourth-order valence-corrected chi connectivity index (χ4v) is 2.85. The molecule has 0 saturated heterocycles. The van der Waals surface area contributed by atoms with Crippen LogP contribution in [0.1, 0.15) is 23.7 Å². The van der Waals surface area contributed by atoms with Crippen molar-refractivity contribution in [2.45, 2.75) is 25.8 Å². The Morgan fingerprint density at radius 3 is 3.05 bits per heavy atom. The minimum absolute atomic E-state index is 0.105. The number of ether oxygens (including phenoxy) is 1. The molecule has 1 aliphatic rings. The molecule has 20 heavy (non-hydrogen) atoms. The molecule has 0 saturated carbocycles. The molecular weight excluding hydrogens is 276 g/mol. The number of aromatic nitrogens is 2. The maximum atomic E-state index is 12.1. The molecular formula is C15H15ClN2O2. The van der Waals surface area contributed by atoms with Gasteiger partial charge in [-0.3, -0.25) is 9.36 Å². The van der Waals surface area contributed by atoms with Crippen molar-refractivity contribution in [1.29, 1.82) is 0 Å². The normalized spacial score (nSPS) is 17.4. The third kappa shape index (κ3) is 2.43. The highest BCUT2D eigenvalue weighted by atomic mass is 35.5. The first-order chi connectivity index (χ1) is 9.65. The van der Waals surface area contributed by atoms with Gasteiger partial charge in [-0.05, 0) is 25.0 Å². The van der Waals surface area contributed by atoms with E-state index < -0.39 is 0 Å². The molecule has 1 atom stereocenters. The Labute approximate surface area is 122 Å². The summed E-state index contributed by atoms with van der Waals surface area (Å²) in [6.45, 7) is 3.09. The van der Waals surface area contributed by atoms with E-state index in [-0.39, 0.29) is 16.6 Å². The van der Waals surface area contributed by atoms with Crippen LogP contribution in [0.2, 0.25) is 5.15 Å². The summed E-state index contributed by atoms with van der Waals surface area (Å²) < 4.78 is 7.33. The van der Waals surface area contributed by atoms with Gasteiger partial charge >= 0.3 is 0 Å². The highest BCUT2D eigenvalue weighted by molar-refractivity contribution is 6.29. The minimum atomic E-state index is -0.105. The molecule has 1 unspecified atom stereocenters. The molecule has 0 aliphatic carbocycles. The molecule has 1 aromatic heterocycles. The van der Waals surface area contributed by atoms with E-state index in [1.165, 1.54) is 6.07 Å². The summed E-state index contributed by atoms with van der Waals surface area (Å²) in [7, 11) is 0. The van der Waals surface area contributed by atoms with Crippen LogP contribution in [0, 0.1) is 6.92 Å². The molecule has 0 fully saturated rings. The van der Waals surface area contributed by atoms with Gasteiger partial charge in [0.15, 0.2) is 0 Å². The Bertz CT molecular complexity index is 697. The minimum Gasteiger partial charge on any atom is -0.493 e. The predicted molar refractivity (Wildman–Crippen MR) is 77.5 cm³/mol. The summed E-state index contributed by atoms with van der Waals surface area (Å²) in [5.74, 6) is 1.82. The molecule has 2 aromatic rings. The molecule has 5 heteroatoms. The second-order valence-corrected chi connectivity index (χ2v) is 5.33. The zero-order valence-electron chi connectivity index (χ0n) is 11.2. The van der Waals surface area contributed by atoms with E-state index in [0.29, 0.717) is 19.0 Å². The number of para-hydroxylation sites is 1. The first kappa shape index (κ1) is 13.2. The first-order valence-corrected chi connectivity index (χ1v) is 6.98. The maximum absolute atomic E-state index is 12.1. The fraction of sp³-hybridized carbons (Fsp3) is 0.333. The Balaban J connectivity index is 1.96. The van der Waals surface area contributed by atoms with Gasteiger partial charge < -0.3 is 4.74 Å². The lowest BCUT2D eigenvalue weighted by atomic mass is 9.93. The van der Waals surface area contributed by atoms with Gasteiger partial charge in [-0.1, -0.05) is 29.8 Å². The summed E-state index contributed by atoms with van der Waals surface area (Å²) in [6, 6.07) is 9.35. The number of nitrogens with zero attached hydrogens (tertiary/aromatic N) is 2. The van der Waals surface area contributed by atoms with Crippen LogP contribution in [0.25, 0.3) is 0 Å². The quantitative estimate of drug-likeness (QED) is 0.799. The SMILES string of the molecule is Cc1nc(Cl)cc(=O)n1CC1CCOc2ccccc21. The topological polar surface area (TPSA) is 44.1 Å². The van der Waals surface area contributed by atoms with Crippen LogP contribution in [0.5, 0.6) is 5.75 Å². The van der Waals surface area contributed by atoms with Crippen molar-refractivity contribution in [3.63, 3.8) is 0 Å². The molecule has 1 aromatic carbocycles. The van der Waals surface area contributed by atoms with E-state index in [1.54, 1.807) is 11.5 Å². The van der Waals surface area contributed by atoms with Crippen LogP contribution in [-0.4, -0.2) is 16.2 Å². The Morgan fingerprint density at radius 2 is 2.25 bits per heavy atom. The van der Waals surface area contributed by atoms with Crippen molar-refractivity contribution in [1.82, 2.24) is 9.55 Å². The van der Waals surface area contributed by atoms with Gasteiger partial charge in [0.05, 0.1) is 6.61 Å². The monoisotopic (exact) mass is 290 g/mol. The zero-order valence-corrected chi connectivity index (χ0v) is 11.9. The number of hydrogen-bond acceptors (Lipinski definition) is 3. The van der Waals surface area contributed by atoms with Crippen molar-refractivity contribution in [2.75, 3.05) is 6.61 Å². The summed E-state index contributed by atoms with van der Waals surface area (Å²) >= 11 is 5.80. The molecule has 0 N–H and O–H groups in total. The van der Waals surface area contributed by atoms with E-state index in [1.807, 2.05) is 18.2 Å². The van der Waals surface area contributed by atoms with E-state index >= 15 is 0 Å².